The molecule has 0 amide bonds. The van der Waals surface area contributed by atoms with Crippen LogP contribution in [-0.2, 0) is 9.53 Å². The first-order valence-electron chi connectivity index (χ1n) is 8.28. The van der Waals surface area contributed by atoms with E-state index in [0.717, 1.165) is 5.56 Å². The van der Waals surface area contributed by atoms with Gasteiger partial charge in [-0.1, -0.05) is 11.6 Å². The van der Waals surface area contributed by atoms with Gasteiger partial charge in [0, 0.05) is 29.0 Å². The van der Waals surface area contributed by atoms with Gasteiger partial charge in [0.1, 0.15) is 28.9 Å². The lowest BCUT2D eigenvalue weighted by atomic mass is 9.80. The Morgan fingerprint density at radius 1 is 1.15 bits per heavy atom. The molecule has 1 aromatic heterocycles. The van der Waals surface area contributed by atoms with E-state index in [1.165, 1.54) is 0 Å². The molecule has 2 N–H and O–H groups in total. The van der Waals surface area contributed by atoms with E-state index in [9.17, 15) is 10.1 Å². The van der Waals surface area contributed by atoms with Crippen molar-refractivity contribution in [2.24, 2.45) is 5.73 Å². The van der Waals surface area contributed by atoms with E-state index in [0.29, 0.717) is 47.1 Å². The number of halogens is 1. The van der Waals surface area contributed by atoms with E-state index in [1.807, 2.05) is 18.2 Å². The van der Waals surface area contributed by atoms with Crippen molar-refractivity contribution in [2.75, 3.05) is 0 Å². The maximum atomic E-state index is 12.5. The highest BCUT2D eigenvalue weighted by Crippen LogP contribution is 2.44. The van der Waals surface area contributed by atoms with E-state index < -0.39 is 5.92 Å². The third-order valence-electron chi connectivity index (χ3n) is 4.64. The zero-order valence-electron chi connectivity index (χ0n) is 13.8. The quantitative estimate of drug-likeness (QED) is 0.849. The molecule has 0 spiro atoms. The Bertz CT molecular complexity index is 993. The van der Waals surface area contributed by atoms with Gasteiger partial charge in [-0.2, -0.15) is 5.26 Å². The predicted molar refractivity (Wildman–Crippen MR) is 95.7 cm³/mol. The number of nitriles is 1. The van der Waals surface area contributed by atoms with Gasteiger partial charge in [-0.25, -0.2) is 0 Å². The molecule has 0 saturated carbocycles. The number of furan rings is 1. The minimum atomic E-state index is -0.627. The number of carbonyl (C=O) groups is 1. The third-order valence-corrected chi connectivity index (χ3v) is 4.90. The molecule has 2 aliphatic rings. The second-order valence-corrected chi connectivity index (χ2v) is 6.68. The van der Waals surface area contributed by atoms with Crippen molar-refractivity contribution in [3.8, 4) is 17.4 Å². The molecule has 2 aromatic rings. The lowest BCUT2D eigenvalue weighted by Crippen LogP contribution is -2.27. The highest BCUT2D eigenvalue weighted by molar-refractivity contribution is 6.30. The number of ether oxygens (including phenoxy) is 1. The number of benzene rings is 1. The van der Waals surface area contributed by atoms with Crippen molar-refractivity contribution in [3.05, 3.63) is 70.0 Å². The summed E-state index contributed by atoms with van der Waals surface area (Å²) < 4.78 is 11.6. The lowest BCUT2D eigenvalue weighted by molar-refractivity contribution is -0.116. The summed E-state index contributed by atoms with van der Waals surface area (Å²) in [6.45, 7) is 0. The maximum absolute atomic E-state index is 12.5. The standard InChI is InChI=1S/C20H15ClN2O3/c21-12-6-4-11(5-7-12)15-8-9-17(25-15)18-13(10-22)20(23)26-16-3-1-2-14(24)19(16)18/h4-9,18H,1-3,23H2/t18-/m0/s1. The molecular weight excluding hydrogens is 352 g/mol. The second-order valence-electron chi connectivity index (χ2n) is 6.25. The number of hydrogen-bond acceptors (Lipinski definition) is 5. The average Bonchev–Trinajstić information content (AvgIpc) is 3.11. The van der Waals surface area contributed by atoms with Crippen LogP contribution in [0.25, 0.3) is 11.3 Å². The van der Waals surface area contributed by atoms with Gasteiger partial charge in [0.25, 0.3) is 0 Å². The molecule has 6 heteroatoms. The van der Waals surface area contributed by atoms with Crippen LogP contribution in [0.15, 0.2) is 63.6 Å². The molecule has 0 fully saturated rings. The molecule has 5 nitrogen and oxygen atoms in total. The van der Waals surface area contributed by atoms with Gasteiger partial charge in [0.05, 0.1) is 5.92 Å². The van der Waals surface area contributed by atoms with Crippen molar-refractivity contribution >= 4 is 17.4 Å². The van der Waals surface area contributed by atoms with Crippen LogP contribution in [0.5, 0.6) is 0 Å². The van der Waals surface area contributed by atoms with Crippen LogP contribution in [0, 0.1) is 11.3 Å². The fourth-order valence-corrected chi connectivity index (χ4v) is 3.54. The van der Waals surface area contributed by atoms with Crippen LogP contribution in [-0.4, -0.2) is 5.78 Å². The molecule has 26 heavy (non-hydrogen) atoms. The first-order chi connectivity index (χ1) is 12.6. The normalized spacial score (nSPS) is 19.8. The predicted octanol–water partition coefficient (Wildman–Crippen LogP) is 4.41. The van der Waals surface area contributed by atoms with Crippen molar-refractivity contribution in [2.45, 2.75) is 25.2 Å². The first-order valence-corrected chi connectivity index (χ1v) is 8.66. The molecule has 2 heterocycles. The summed E-state index contributed by atoms with van der Waals surface area (Å²) in [6.07, 6.45) is 1.78. The monoisotopic (exact) mass is 366 g/mol. The topological polar surface area (TPSA) is 89.3 Å². The number of nitrogens with two attached hydrogens (primary N) is 1. The van der Waals surface area contributed by atoms with Gasteiger partial charge in [0.2, 0.25) is 5.88 Å². The smallest absolute Gasteiger partial charge is 0.205 e. The maximum Gasteiger partial charge on any atom is 0.205 e. The Kier molecular flexibility index (Phi) is 4.06. The van der Waals surface area contributed by atoms with Crippen LogP contribution < -0.4 is 5.73 Å². The lowest BCUT2D eigenvalue weighted by Gasteiger charge is -2.29. The molecular formula is C20H15ClN2O3. The van der Waals surface area contributed by atoms with Gasteiger partial charge in [-0.15, -0.1) is 0 Å². The highest BCUT2D eigenvalue weighted by Gasteiger charge is 2.39. The summed E-state index contributed by atoms with van der Waals surface area (Å²) in [5, 5.41) is 10.2. The SMILES string of the molecule is N#CC1=C(N)OC2=C(C(=O)CCC2)[C@@H]1c1ccc(-c2ccc(Cl)cc2)o1. The minimum Gasteiger partial charge on any atom is -0.460 e. The third kappa shape index (κ3) is 2.69. The summed E-state index contributed by atoms with van der Waals surface area (Å²) in [7, 11) is 0. The van der Waals surface area contributed by atoms with E-state index in [1.54, 1.807) is 18.2 Å². The number of Topliss-reactive ketones (excluding diaryl/α,β-unsaturated/α-hetero) is 1. The van der Waals surface area contributed by atoms with Crippen LogP contribution >= 0.6 is 11.6 Å². The number of rotatable bonds is 2. The van der Waals surface area contributed by atoms with E-state index in [4.69, 9.17) is 26.5 Å². The summed E-state index contributed by atoms with van der Waals surface area (Å²) in [5.74, 6) is 1.06. The fourth-order valence-electron chi connectivity index (χ4n) is 3.42. The Balaban J connectivity index is 1.80. The largest absolute Gasteiger partial charge is 0.460 e. The second kappa shape index (κ2) is 6.40. The molecule has 1 aromatic carbocycles. The highest BCUT2D eigenvalue weighted by atomic mass is 35.5. The number of hydrogen-bond donors (Lipinski definition) is 1. The van der Waals surface area contributed by atoms with Gasteiger partial charge in [-0.05, 0) is 42.8 Å². The van der Waals surface area contributed by atoms with Gasteiger partial charge in [0.15, 0.2) is 5.78 Å². The van der Waals surface area contributed by atoms with Crippen molar-refractivity contribution < 1.29 is 13.9 Å². The summed E-state index contributed by atoms with van der Waals surface area (Å²) in [5.41, 5.74) is 7.48. The van der Waals surface area contributed by atoms with Gasteiger partial charge in [-0.3, -0.25) is 4.79 Å². The number of ketones is 1. The van der Waals surface area contributed by atoms with Gasteiger partial charge < -0.3 is 14.9 Å². The van der Waals surface area contributed by atoms with Crippen LogP contribution in [0.4, 0.5) is 0 Å². The molecule has 130 valence electrons. The van der Waals surface area contributed by atoms with Crippen molar-refractivity contribution in [1.82, 2.24) is 0 Å². The molecule has 4 rings (SSSR count). The summed E-state index contributed by atoms with van der Waals surface area (Å²) >= 11 is 5.93. The van der Waals surface area contributed by atoms with E-state index >= 15 is 0 Å². The molecule has 0 bridgehead atoms. The minimum absolute atomic E-state index is 0.0269. The van der Waals surface area contributed by atoms with E-state index in [2.05, 4.69) is 6.07 Å². The number of carbonyl (C=O) groups excluding carboxylic acids is 1. The molecule has 0 unspecified atom stereocenters. The van der Waals surface area contributed by atoms with E-state index in [-0.39, 0.29) is 17.2 Å². The zero-order chi connectivity index (χ0) is 18.3. The Labute approximate surface area is 155 Å². The fraction of sp³-hybridized carbons (Fsp3) is 0.200. The Morgan fingerprint density at radius 3 is 2.65 bits per heavy atom. The van der Waals surface area contributed by atoms with Gasteiger partial charge >= 0.3 is 0 Å². The summed E-state index contributed by atoms with van der Waals surface area (Å²) in [4.78, 5) is 12.5. The zero-order valence-corrected chi connectivity index (χ0v) is 14.5. The molecule has 0 radical (unpaired) electrons. The van der Waals surface area contributed by atoms with Crippen LogP contribution in [0.2, 0.25) is 5.02 Å². The Hall–Kier alpha value is -2.97. The molecule has 1 aliphatic heterocycles. The first kappa shape index (κ1) is 16.5. The molecule has 0 saturated heterocycles. The van der Waals surface area contributed by atoms with Crippen molar-refractivity contribution in [3.63, 3.8) is 0 Å². The molecule has 1 atom stereocenters. The number of allylic oxidation sites excluding steroid dienone is 3. The van der Waals surface area contributed by atoms with Crippen LogP contribution in [0.1, 0.15) is 30.9 Å². The number of nitrogens with zero attached hydrogens (tertiary/aromatic N) is 1. The average molecular weight is 367 g/mol. The van der Waals surface area contributed by atoms with Crippen LogP contribution in [0.3, 0.4) is 0 Å². The molecule has 1 aliphatic carbocycles. The van der Waals surface area contributed by atoms with Crippen molar-refractivity contribution in [1.29, 1.82) is 5.26 Å². The Morgan fingerprint density at radius 2 is 1.92 bits per heavy atom. The summed E-state index contributed by atoms with van der Waals surface area (Å²) in [6, 6.07) is 12.9.